The molecule has 4 heteroatoms. The first-order valence-corrected chi connectivity index (χ1v) is 4.37. The second kappa shape index (κ2) is 3.65. The van der Waals surface area contributed by atoms with E-state index >= 15 is 0 Å². The number of pyridine rings is 1. The van der Waals surface area contributed by atoms with Crippen molar-refractivity contribution in [3.8, 4) is 5.75 Å². The standard InChI is InChI=1S/C10H13NO3/c1-5(2)7-4-11-6(3)9(12)8(7)10(13)14/h4-5,12H,1-3H3,(H,13,14). The zero-order chi connectivity index (χ0) is 10.9. The molecule has 0 saturated heterocycles. The van der Waals surface area contributed by atoms with E-state index in [1.54, 1.807) is 6.92 Å². The van der Waals surface area contributed by atoms with Crippen molar-refractivity contribution in [2.24, 2.45) is 0 Å². The summed E-state index contributed by atoms with van der Waals surface area (Å²) in [6.45, 7) is 5.29. The Balaban J connectivity index is 3.45. The molecule has 0 fully saturated rings. The highest BCUT2D eigenvalue weighted by Gasteiger charge is 2.19. The van der Waals surface area contributed by atoms with Gasteiger partial charge in [0.2, 0.25) is 0 Å². The molecular weight excluding hydrogens is 182 g/mol. The second-order valence-corrected chi connectivity index (χ2v) is 3.48. The normalized spacial score (nSPS) is 10.6. The molecule has 0 aliphatic carbocycles. The number of carbonyl (C=O) groups is 1. The predicted molar refractivity (Wildman–Crippen MR) is 51.7 cm³/mol. The maximum Gasteiger partial charge on any atom is 0.339 e. The number of aromatic nitrogens is 1. The van der Waals surface area contributed by atoms with Crippen LogP contribution in [-0.4, -0.2) is 21.2 Å². The largest absolute Gasteiger partial charge is 0.505 e. The van der Waals surface area contributed by atoms with Crippen molar-refractivity contribution in [2.75, 3.05) is 0 Å². The molecule has 0 aromatic carbocycles. The SMILES string of the molecule is Cc1ncc(C(C)C)c(C(=O)O)c1O. The molecule has 0 aliphatic heterocycles. The Labute approximate surface area is 82.2 Å². The van der Waals surface area contributed by atoms with Gasteiger partial charge in [0.15, 0.2) is 5.75 Å². The number of rotatable bonds is 2. The lowest BCUT2D eigenvalue weighted by Gasteiger charge is -2.11. The quantitative estimate of drug-likeness (QED) is 0.756. The molecule has 0 amide bonds. The number of nitrogens with zero attached hydrogens (tertiary/aromatic N) is 1. The van der Waals surface area contributed by atoms with Gasteiger partial charge in [-0.05, 0) is 18.4 Å². The summed E-state index contributed by atoms with van der Waals surface area (Å²) in [5.74, 6) is -1.32. The van der Waals surface area contributed by atoms with Gasteiger partial charge in [-0.2, -0.15) is 0 Å². The van der Waals surface area contributed by atoms with Crippen LogP contribution < -0.4 is 0 Å². The van der Waals surface area contributed by atoms with Crippen molar-refractivity contribution < 1.29 is 15.0 Å². The lowest BCUT2D eigenvalue weighted by Crippen LogP contribution is -2.06. The van der Waals surface area contributed by atoms with Gasteiger partial charge in [-0.15, -0.1) is 0 Å². The van der Waals surface area contributed by atoms with Crippen LogP contribution in [0.3, 0.4) is 0 Å². The van der Waals surface area contributed by atoms with E-state index in [4.69, 9.17) is 5.11 Å². The summed E-state index contributed by atoms with van der Waals surface area (Å²) in [4.78, 5) is 14.8. The number of aromatic hydroxyl groups is 1. The molecule has 2 N–H and O–H groups in total. The fourth-order valence-corrected chi connectivity index (χ4v) is 1.27. The Morgan fingerprint density at radius 3 is 2.50 bits per heavy atom. The van der Waals surface area contributed by atoms with Crippen molar-refractivity contribution >= 4 is 5.97 Å². The van der Waals surface area contributed by atoms with Gasteiger partial charge in [-0.1, -0.05) is 13.8 Å². The predicted octanol–water partition coefficient (Wildman–Crippen LogP) is 1.92. The molecule has 0 spiro atoms. The van der Waals surface area contributed by atoms with Gasteiger partial charge in [-0.3, -0.25) is 4.98 Å². The van der Waals surface area contributed by atoms with Gasteiger partial charge in [0.25, 0.3) is 0 Å². The van der Waals surface area contributed by atoms with E-state index in [9.17, 15) is 9.90 Å². The summed E-state index contributed by atoms with van der Waals surface area (Å²) in [5.41, 5.74) is 0.861. The molecular formula is C10H13NO3. The first-order chi connectivity index (χ1) is 6.45. The third-order valence-corrected chi connectivity index (χ3v) is 2.10. The van der Waals surface area contributed by atoms with E-state index < -0.39 is 5.97 Å². The molecule has 1 heterocycles. The Morgan fingerprint density at radius 1 is 1.50 bits per heavy atom. The lowest BCUT2D eigenvalue weighted by atomic mass is 9.98. The minimum atomic E-state index is -1.11. The zero-order valence-corrected chi connectivity index (χ0v) is 8.40. The molecule has 1 rings (SSSR count). The first-order valence-electron chi connectivity index (χ1n) is 4.37. The number of hydrogen-bond acceptors (Lipinski definition) is 3. The molecule has 0 bridgehead atoms. The van der Waals surface area contributed by atoms with Crippen LogP contribution in [0.4, 0.5) is 0 Å². The Bertz CT molecular complexity index is 372. The van der Waals surface area contributed by atoms with Gasteiger partial charge >= 0.3 is 5.97 Å². The lowest BCUT2D eigenvalue weighted by molar-refractivity contribution is 0.0691. The van der Waals surface area contributed by atoms with Gasteiger partial charge in [0.1, 0.15) is 5.56 Å². The molecule has 0 unspecified atom stereocenters. The van der Waals surface area contributed by atoms with Crippen molar-refractivity contribution in [1.29, 1.82) is 0 Å². The fourth-order valence-electron chi connectivity index (χ4n) is 1.27. The number of carboxylic acid groups (broad SMARTS) is 1. The van der Waals surface area contributed by atoms with E-state index in [-0.39, 0.29) is 17.2 Å². The first kappa shape index (κ1) is 10.5. The van der Waals surface area contributed by atoms with E-state index in [2.05, 4.69) is 4.98 Å². The minimum Gasteiger partial charge on any atom is -0.505 e. The topological polar surface area (TPSA) is 70.4 Å². The van der Waals surface area contributed by atoms with Crippen molar-refractivity contribution in [2.45, 2.75) is 26.7 Å². The average Bonchev–Trinajstić information content (AvgIpc) is 2.08. The zero-order valence-electron chi connectivity index (χ0n) is 8.40. The molecule has 14 heavy (non-hydrogen) atoms. The maximum absolute atomic E-state index is 10.9. The third kappa shape index (κ3) is 1.69. The highest BCUT2D eigenvalue weighted by atomic mass is 16.4. The van der Waals surface area contributed by atoms with Gasteiger partial charge in [0, 0.05) is 6.20 Å². The number of hydrogen-bond donors (Lipinski definition) is 2. The molecule has 0 atom stereocenters. The molecule has 0 saturated carbocycles. The Kier molecular flexibility index (Phi) is 2.74. The summed E-state index contributed by atoms with van der Waals surface area (Å²) in [5, 5.41) is 18.5. The highest BCUT2D eigenvalue weighted by Crippen LogP contribution is 2.28. The van der Waals surface area contributed by atoms with Crippen LogP contribution >= 0.6 is 0 Å². The van der Waals surface area contributed by atoms with Crippen LogP contribution in [0.1, 0.15) is 41.4 Å². The maximum atomic E-state index is 10.9. The number of aromatic carboxylic acids is 1. The van der Waals surface area contributed by atoms with Crippen LogP contribution in [0.5, 0.6) is 5.75 Å². The Morgan fingerprint density at radius 2 is 2.07 bits per heavy atom. The Hall–Kier alpha value is -1.58. The molecule has 1 aromatic heterocycles. The molecule has 4 nitrogen and oxygen atoms in total. The van der Waals surface area contributed by atoms with Gasteiger partial charge < -0.3 is 10.2 Å². The summed E-state index contributed by atoms with van der Waals surface area (Å²) < 4.78 is 0. The molecule has 0 aliphatic rings. The van der Waals surface area contributed by atoms with E-state index in [1.807, 2.05) is 13.8 Å². The monoisotopic (exact) mass is 195 g/mol. The van der Waals surface area contributed by atoms with Crippen LogP contribution in [-0.2, 0) is 0 Å². The van der Waals surface area contributed by atoms with Gasteiger partial charge in [-0.25, -0.2) is 4.79 Å². The van der Waals surface area contributed by atoms with Crippen LogP contribution in [0.25, 0.3) is 0 Å². The van der Waals surface area contributed by atoms with Crippen LogP contribution in [0, 0.1) is 6.92 Å². The van der Waals surface area contributed by atoms with Crippen molar-refractivity contribution in [3.63, 3.8) is 0 Å². The van der Waals surface area contributed by atoms with E-state index in [0.29, 0.717) is 11.3 Å². The molecule has 0 radical (unpaired) electrons. The van der Waals surface area contributed by atoms with Crippen LogP contribution in [0.15, 0.2) is 6.20 Å². The van der Waals surface area contributed by atoms with Crippen molar-refractivity contribution in [3.05, 3.63) is 23.0 Å². The van der Waals surface area contributed by atoms with Crippen molar-refractivity contribution in [1.82, 2.24) is 4.98 Å². The summed E-state index contributed by atoms with van der Waals surface area (Å²) >= 11 is 0. The summed E-state index contributed by atoms with van der Waals surface area (Å²) in [6.07, 6.45) is 1.50. The third-order valence-electron chi connectivity index (χ3n) is 2.10. The summed E-state index contributed by atoms with van der Waals surface area (Å²) in [7, 11) is 0. The fraction of sp³-hybridized carbons (Fsp3) is 0.400. The minimum absolute atomic E-state index is 0.0279. The van der Waals surface area contributed by atoms with E-state index in [1.165, 1.54) is 6.20 Å². The summed E-state index contributed by atoms with van der Waals surface area (Å²) in [6, 6.07) is 0. The van der Waals surface area contributed by atoms with Crippen LogP contribution in [0.2, 0.25) is 0 Å². The molecule has 1 aromatic rings. The molecule has 76 valence electrons. The van der Waals surface area contributed by atoms with Gasteiger partial charge in [0.05, 0.1) is 5.69 Å². The highest BCUT2D eigenvalue weighted by molar-refractivity contribution is 5.92. The second-order valence-electron chi connectivity index (χ2n) is 3.48. The smallest absolute Gasteiger partial charge is 0.339 e. The van der Waals surface area contributed by atoms with E-state index in [0.717, 1.165) is 0 Å². The average molecular weight is 195 g/mol. The number of aryl methyl sites for hydroxylation is 1. The number of carboxylic acids is 1.